The van der Waals surface area contributed by atoms with Gasteiger partial charge in [-0.3, -0.25) is 4.79 Å². The van der Waals surface area contributed by atoms with Crippen molar-refractivity contribution < 1.29 is 9.21 Å². The summed E-state index contributed by atoms with van der Waals surface area (Å²) < 4.78 is 6.58. The summed E-state index contributed by atoms with van der Waals surface area (Å²) >= 11 is 3.42. The van der Waals surface area contributed by atoms with Gasteiger partial charge in [-0.05, 0) is 43.1 Å². The number of amides is 1. The lowest BCUT2D eigenvalue weighted by Crippen LogP contribution is -2.50. The van der Waals surface area contributed by atoms with Gasteiger partial charge in [-0.25, -0.2) is 0 Å². The highest BCUT2D eigenvalue weighted by Gasteiger charge is 2.24. The molecule has 1 aliphatic rings. The van der Waals surface area contributed by atoms with Crippen LogP contribution in [0.25, 0.3) is 11.0 Å². The number of furan rings is 1. The smallest absolute Gasteiger partial charge is 0.287 e. The number of carbonyl (C=O) groups is 1. The van der Waals surface area contributed by atoms with Gasteiger partial charge in [0, 0.05) is 22.4 Å². The molecule has 1 aromatic carbocycles. The van der Waals surface area contributed by atoms with Crippen LogP contribution in [-0.2, 0) is 0 Å². The Morgan fingerprint density at radius 3 is 3.10 bits per heavy atom. The Balaban J connectivity index is 1.78. The van der Waals surface area contributed by atoms with Crippen molar-refractivity contribution in [3.63, 3.8) is 0 Å². The van der Waals surface area contributed by atoms with E-state index in [0.29, 0.717) is 11.7 Å². The first-order valence-corrected chi connectivity index (χ1v) is 7.63. The van der Waals surface area contributed by atoms with Gasteiger partial charge in [-0.2, -0.15) is 0 Å². The summed E-state index contributed by atoms with van der Waals surface area (Å²) in [5.41, 5.74) is 0.730. The van der Waals surface area contributed by atoms with Crippen molar-refractivity contribution in [3.05, 3.63) is 34.5 Å². The van der Waals surface area contributed by atoms with Crippen LogP contribution in [0.15, 0.2) is 33.2 Å². The van der Waals surface area contributed by atoms with Gasteiger partial charge >= 0.3 is 0 Å². The molecule has 5 heteroatoms. The van der Waals surface area contributed by atoms with Crippen molar-refractivity contribution in [1.82, 2.24) is 10.6 Å². The van der Waals surface area contributed by atoms with Crippen molar-refractivity contribution >= 4 is 32.8 Å². The molecule has 20 heavy (non-hydrogen) atoms. The third kappa shape index (κ3) is 2.74. The van der Waals surface area contributed by atoms with Crippen LogP contribution in [0.3, 0.4) is 0 Å². The Hall–Kier alpha value is -1.33. The van der Waals surface area contributed by atoms with Crippen molar-refractivity contribution in [1.29, 1.82) is 0 Å². The van der Waals surface area contributed by atoms with E-state index in [1.807, 2.05) is 18.2 Å². The minimum Gasteiger partial charge on any atom is -0.451 e. The van der Waals surface area contributed by atoms with Crippen LogP contribution in [0.1, 0.15) is 23.9 Å². The Morgan fingerprint density at radius 1 is 1.45 bits per heavy atom. The van der Waals surface area contributed by atoms with Crippen LogP contribution in [0, 0.1) is 5.92 Å². The largest absolute Gasteiger partial charge is 0.451 e. The first kappa shape index (κ1) is 13.6. The van der Waals surface area contributed by atoms with E-state index in [1.54, 1.807) is 6.07 Å². The molecule has 1 amide bonds. The van der Waals surface area contributed by atoms with Crippen molar-refractivity contribution in [3.8, 4) is 0 Å². The van der Waals surface area contributed by atoms with E-state index < -0.39 is 0 Å². The molecule has 1 aromatic heterocycles. The topological polar surface area (TPSA) is 54.3 Å². The first-order valence-electron chi connectivity index (χ1n) is 6.84. The van der Waals surface area contributed by atoms with Gasteiger partial charge in [-0.15, -0.1) is 0 Å². The molecule has 4 nitrogen and oxygen atoms in total. The van der Waals surface area contributed by atoms with Crippen molar-refractivity contribution in [2.45, 2.75) is 19.4 Å². The van der Waals surface area contributed by atoms with Crippen LogP contribution in [0.5, 0.6) is 0 Å². The molecule has 2 atom stereocenters. The molecule has 0 saturated carbocycles. The molecule has 1 fully saturated rings. The third-order valence-electron chi connectivity index (χ3n) is 3.85. The molecule has 106 valence electrons. The summed E-state index contributed by atoms with van der Waals surface area (Å²) in [6.07, 6.45) is 1.08. The average Bonchev–Trinajstić information content (AvgIpc) is 2.84. The Bertz CT molecular complexity index is 638. The Labute approximate surface area is 126 Å². The summed E-state index contributed by atoms with van der Waals surface area (Å²) in [5, 5.41) is 7.29. The van der Waals surface area contributed by atoms with E-state index in [9.17, 15) is 4.79 Å². The molecule has 1 saturated heterocycles. The molecule has 3 rings (SSSR count). The number of fused-ring (bicyclic) bond motifs is 1. The second-order valence-electron chi connectivity index (χ2n) is 5.34. The Morgan fingerprint density at radius 2 is 2.30 bits per heavy atom. The minimum absolute atomic E-state index is 0.141. The van der Waals surface area contributed by atoms with Crippen molar-refractivity contribution in [2.24, 2.45) is 5.92 Å². The fourth-order valence-corrected chi connectivity index (χ4v) is 2.93. The van der Waals surface area contributed by atoms with E-state index in [1.165, 1.54) is 0 Å². The quantitative estimate of drug-likeness (QED) is 0.886. The zero-order valence-electron chi connectivity index (χ0n) is 11.3. The number of hydrogen-bond acceptors (Lipinski definition) is 3. The molecule has 2 unspecified atom stereocenters. The van der Waals surface area contributed by atoms with Crippen LogP contribution < -0.4 is 10.6 Å². The van der Waals surface area contributed by atoms with E-state index in [2.05, 4.69) is 33.5 Å². The number of nitrogens with one attached hydrogen (secondary N) is 2. The highest BCUT2D eigenvalue weighted by Crippen LogP contribution is 2.23. The SMILES string of the molecule is CC1CCNCC1NC(=O)c1cc2cc(Br)ccc2o1. The monoisotopic (exact) mass is 336 g/mol. The number of hydrogen-bond donors (Lipinski definition) is 2. The van der Waals surface area contributed by atoms with Gasteiger partial charge in [0.05, 0.1) is 0 Å². The van der Waals surface area contributed by atoms with Crippen LogP contribution >= 0.6 is 15.9 Å². The lowest BCUT2D eigenvalue weighted by molar-refractivity contribution is 0.0889. The third-order valence-corrected chi connectivity index (χ3v) is 4.34. The molecular weight excluding hydrogens is 320 g/mol. The van der Waals surface area contributed by atoms with E-state index >= 15 is 0 Å². The fourth-order valence-electron chi connectivity index (χ4n) is 2.55. The minimum atomic E-state index is -0.141. The maximum absolute atomic E-state index is 12.3. The predicted molar refractivity (Wildman–Crippen MR) is 81.8 cm³/mol. The van der Waals surface area contributed by atoms with E-state index in [-0.39, 0.29) is 11.9 Å². The normalized spacial score (nSPS) is 22.9. The number of halogens is 1. The van der Waals surface area contributed by atoms with Crippen LogP contribution in [-0.4, -0.2) is 25.0 Å². The summed E-state index contributed by atoms with van der Waals surface area (Å²) in [6.45, 7) is 4.01. The van der Waals surface area contributed by atoms with Crippen molar-refractivity contribution in [2.75, 3.05) is 13.1 Å². The van der Waals surface area contributed by atoms with E-state index in [4.69, 9.17) is 4.42 Å². The van der Waals surface area contributed by atoms with Gasteiger partial charge in [0.1, 0.15) is 5.58 Å². The zero-order valence-corrected chi connectivity index (χ0v) is 12.9. The van der Waals surface area contributed by atoms with Gasteiger partial charge in [0.15, 0.2) is 5.76 Å². The lowest BCUT2D eigenvalue weighted by atomic mass is 9.95. The maximum atomic E-state index is 12.3. The van der Waals surface area contributed by atoms with Gasteiger partial charge in [-0.1, -0.05) is 22.9 Å². The summed E-state index contributed by atoms with van der Waals surface area (Å²) in [7, 11) is 0. The van der Waals surface area contributed by atoms with Gasteiger partial charge in [0.25, 0.3) is 5.91 Å². The second-order valence-corrected chi connectivity index (χ2v) is 6.26. The highest BCUT2D eigenvalue weighted by molar-refractivity contribution is 9.10. The number of carbonyl (C=O) groups excluding carboxylic acids is 1. The number of piperidine rings is 1. The zero-order chi connectivity index (χ0) is 14.1. The molecule has 0 aliphatic carbocycles. The van der Waals surface area contributed by atoms with E-state index in [0.717, 1.165) is 35.0 Å². The van der Waals surface area contributed by atoms with Gasteiger partial charge < -0.3 is 15.1 Å². The molecule has 2 heterocycles. The fraction of sp³-hybridized carbons (Fsp3) is 0.400. The van der Waals surface area contributed by atoms with Crippen LogP contribution in [0.4, 0.5) is 0 Å². The molecule has 0 radical (unpaired) electrons. The first-order chi connectivity index (χ1) is 9.63. The van der Waals surface area contributed by atoms with Crippen LogP contribution in [0.2, 0.25) is 0 Å². The molecular formula is C15H17BrN2O2. The highest BCUT2D eigenvalue weighted by atomic mass is 79.9. The predicted octanol–water partition coefficient (Wildman–Crippen LogP) is 2.92. The average molecular weight is 337 g/mol. The summed E-state index contributed by atoms with van der Waals surface area (Å²) in [5.74, 6) is 0.715. The molecule has 0 bridgehead atoms. The number of rotatable bonds is 2. The number of benzene rings is 1. The maximum Gasteiger partial charge on any atom is 0.287 e. The molecule has 0 spiro atoms. The summed E-state index contributed by atoms with van der Waals surface area (Å²) in [4.78, 5) is 12.3. The Kier molecular flexibility index (Phi) is 3.81. The van der Waals surface area contributed by atoms with Gasteiger partial charge in [0.2, 0.25) is 0 Å². The standard InChI is InChI=1S/C15H17BrN2O2/c1-9-4-5-17-8-12(9)18-15(19)14-7-10-6-11(16)2-3-13(10)20-14/h2-3,6-7,9,12,17H,4-5,8H2,1H3,(H,18,19). The second kappa shape index (κ2) is 5.58. The molecule has 2 N–H and O–H groups in total. The molecule has 2 aromatic rings. The summed E-state index contributed by atoms with van der Waals surface area (Å²) in [6, 6.07) is 7.66. The molecule has 1 aliphatic heterocycles. The lowest BCUT2D eigenvalue weighted by Gasteiger charge is -2.29.